The quantitative estimate of drug-likeness (QED) is 0.0798. The van der Waals surface area contributed by atoms with E-state index in [9.17, 15) is 0 Å². The van der Waals surface area contributed by atoms with Gasteiger partial charge >= 0.3 is 0 Å². The molecule has 1 aliphatic carbocycles. The van der Waals surface area contributed by atoms with Gasteiger partial charge in [-0.2, -0.15) is 0 Å². The third kappa shape index (κ3) is 20.0. The van der Waals surface area contributed by atoms with Gasteiger partial charge in [-0.25, -0.2) is 0 Å². The number of hydrogen-bond donors (Lipinski definition) is 0. The molecule has 40 heavy (non-hydrogen) atoms. The summed E-state index contributed by atoms with van der Waals surface area (Å²) in [6, 6.07) is 0. The zero-order valence-corrected chi connectivity index (χ0v) is 29.1. The van der Waals surface area contributed by atoms with Crippen molar-refractivity contribution in [1.82, 2.24) is 0 Å². The lowest BCUT2D eigenvalue weighted by Gasteiger charge is -2.44. The van der Waals surface area contributed by atoms with Crippen molar-refractivity contribution >= 4 is 0 Å². The summed E-state index contributed by atoms with van der Waals surface area (Å²) in [5.74, 6) is 5.12. The highest BCUT2D eigenvalue weighted by Gasteiger charge is 2.37. The van der Waals surface area contributed by atoms with Gasteiger partial charge in [0.25, 0.3) is 0 Å². The number of hydrogen-bond acceptors (Lipinski definition) is 0. The molecule has 1 saturated carbocycles. The Labute approximate surface area is 256 Å². The highest BCUT2D eigenvalue weighted by atomic mass is 14.4. The minimum absolute atomic E-state index is 0.891. The zero-order chi connectivity index (χ0) is 29.1. The van der Waals surface area contributed by atoms with E-state index < -0.39 is 0 Å². The molecule has 240 valence electrons. The average Bonchev–Trinajstić information content (AvgIpc) is 2.94. The van der Waals surface area contributed by atoms with Crippen LogP contribution in [0.15, 0.2) is 0 Å². The van der Waals surface area contributed by atoms with Crippen LogP contribution in [0.2, 0.25) is 0 Å². The van der Waals surface area contributed by atoms with Crippen molar-refractivity contribution in [2.75, 3.05) is 0 Å². The summed E-state index contributed by atoms with van der Waals surface area (Å²) in [4.78, 5) is 0. The first-order valence-electron chi connectivity index (χ1n) is 19.6. The van der Waals surface area contributed by atoms with Crippen LogP contribution in [0.4, 0.5) is 0 Å². The summed E-state index contributed by atoms with van der Waals surface area (Å²) in [5, 5.41) is 0. The van der Waals surface area contributed by atoms with Gasteiger partial charge in [0.2, 0.25) is 0 Å². The van der Waals surface area contributed by atoms with Gasteiger partial charge < -0.3 is 0 Å². The van der Waals surface area contributed by atoms with Gasteiger partial charge in [0.05, 0.1) is 0 Å². The largest absolute Gasteiger partial charge is 0.0654 e. The predicted octanol–water partition coefficient (Wildman–Crippen LogP) is 14.9. The molecular weight excluding hydrogens is 480 g/mol. The minimum Gasteiger partial charge on any atom is -0.0654 e. The van der Waals surface area contributed by atoms with E-state index in [1.54, 1.807) is 38.5 Å². The Kier molecular flexibility index (Phi) is 26.4. The van der Waals surface area contributed by atoms with Gasteiger partial charge in [-0.1, -0.05) is 202 Å². The van der Waals surface area contributed by atoms with Gasteiger partial charge in [0, 0.05) is 0 Å². The molecule has 0 aromatic rings. The Morgan fingerprint density at radius 1 is 0.375 bits per heavy atom. The number of unbranched alkanes of at least 4 members (excludes halogenated alkanes) is 19. The maximum Gasteiger partial charge on any atom is -0.0355 e. The second-order valence-corrected chi connectivity index (χ2v) is 14.8. The van der Waals surface area contributed by atoms with E-state index in [1.807, 2.05) is 0 Å². The topological polar surface area (TPSA) is 0 Å². The Morgan fingerprint density at radius 3 is 1.10 bits per heavy atom. The molecule has 0 bridgehead atoms. The smallest absolute Gasteiger partial charge is 0.0355 e. The molecule has 1 rings (SSSR count). The van der Waals surface area contributed by atoms with Crippen LogP contribution in [0.25, 0.3) is 0 Å². The summed E-state index contributed by atoms with van der Waals surface area (Å²) < 4.78 is 0. The molecule has 0 heteroatoms. The van der Waals surface area contributed by atoms with Crippen LogP contribution in [0.3, 0.4) is 0 Å². The van der Waals surface area contributed by atoms with E-state index in [-0.39, 0.29) is 0 Å². The molecule has 4 atom stereocenters. The average molecular weight is 561 g/mol. The van der Waals surface area contributed by atoms with E-state index in [2.05, 4.69) is 34.6 Å². The van der Waals surface area contributed by atoms with Crippen molar-refractivity contribution in [3.05, 3.63) is 0 Å². The minimum atomic E-state index is 0.891. The van der Waals surface area contributed by atoms with Crippen LogP contribution in [-0.4, -0.2) is 0 Å². The third-order valence-electron chi connectivity index (χ3n) is 10.7. The molecule has 0 aliphatic heterocycles. The normalized spacial score (nSPS) is 21.4. The SMILES string of the molecule is CCCCCCCCCC1CCC(CCCCC)C(CCCCCC)C1CCCCCCCCCCCC(C)C. The first-order chi connectivity index (χ1) is 19.6. The summed E-state index contributed by atoms with van der Waals surface area (Å²) in [5.41, 5.74) is 0. The maximum absolute atomic E-state index is 2.39. The Hall–Kier alpha value is 0. The van der Waals surface area contributed by atoms with Crippen LogP contribution in [0.1, 0.15) is 227 Å². The van der Waals surface area contributed by atoms with Crippen LogP contribution < -0.4 is 0 Å². The maximum atomic E-state index is 2.39. The fourth-order valence-electron chi connectivity index (χ4n) is 8.17. The molecule has 0 saturated heterocycles. The lowest BCUT2D eigenvalue weighted by molar-refractivity contribution is 0.0582. The summed E-state index contributed by atoms with van der Waals surface area (Å²) in [6.45, 7) is 11.8. The summed E-state index contributed by atoms with van der Waals surface area (Å²) in [6.07, 6.45) is 44.7. The lowest BCUT2D eigenvalue weighted by Crippen LogP contribution is -2.35. The molecule has 0 radical (unpaired) electrons. The molecule has 0 aromatic heterocycles. The first kappa shape index (κ1) is 38.0. The second kappa shape index (κ2) is 27.8. The molecule has 0 N–H and O–H groups in total. The van der Waals surface area contributed by atoms with Gasteiger partial charge in [-0.3, -0.25) is 0 Å². The van der Waals surface area contributed by atoms with E-state index >= 15 is 0 Å². The molecular formula is C40H80. The molecule has 0 aromatic carbocycles. The van der Waals surface area contributed by atoms with Crippen LogP contribution in [-0.2, 0) is 0 Å². The van der Waals surface area contributed by atoms with Crippen molar-refractivity contribution in [3.8, 4) is 0 Å². The monoisotopic (exact) mass is 561 g/mol. The van der Waals surface area contributed by atoms with Crippen molar-refractivity contribution in [3.63, 3.8) is 0 Å². The molecule has 4 unspecified atom stereocenters. The zero-order valence-electron chi connectivity index (χ0n) is 29.1. The predicted molar refractivity (Wildman–Crippen MR) is 184 cm³/mol. The van der Waals surface area contributed by atoms with Crippen molar-refractivity contribution < 1.29 is 0 Å². The Balaban J connectivity index is 2.55. The third-order valence-corrected chi connectivity index (χ3v) is 10.7. The molecule has 1 fully saturated rings. The van der Waals surface area contributed by atoms with Gasteiger partial charge in [-0.05, 0) is 55.3 Å². The van der Waals surface area contributed by atoms with E-state index in [4.69, 9.17) is 0 Å². The molecule has 0 heterocycles. The van der Waals surface area contributed by atoms with Crippen LogP contribution >= 0.6 is 0 Å². The highest BCUT2D eigenvalue weighted by Crippen LogP contribution is 2.47. The Bertz CT molecular complexity index is 492. The van der Waals surface area contributed by atoms with Gasteiger partial charge in [0.1, 0.15) is 0 Å². The van der Waals surface area contributed by atoms with E-state index in [0.717, 1.165) is 29.6 Å². The first-order valence-corrected chi connectivity index (χ1v) is 19.6. The van der Waals surface area contributed by atoms with Crippen LogP contribution in [0, 0.1) is 29.6 Å². The van der Waals surface area contributed by atoms with E-state index in [0.29, 0.717) is 0 Å². The van der Waals surface area contributed by atoms with Crippen molar-refractivity contribution in [2.24, 2.45) is 29.6 Å². The van der Waals surface area contributed by atoms with Crippen LogP contribution in [0.5, 0.6) is 0 Å². The van der Waals surface area contributed by atoms with Gasteiger partial charge in [-0.15, -0.1) is 0 Å². The fourth-order valence-corrected chi connectivity index (χ4v) is 8.17. The van der Waals surface area contributed by atoms with Crippen molar-refractivity contribution in [1.29, 1.82) is 0 Å². The highest BCUT2D eigenvalue weighted by molar-refractivity contribution is 4.88. The number of rotatable bonds is 29. The summed E-state index contributed by atoms with van der Waals surface area (Å²) in [7, 11) is 0. The molecule has 1 aliphatic rings. The fraction of sp³-hybridized carbons (Fsp3) is 1.00. The standard InChI is InChI=1S/C40H80/c1-6-9-12-14-18-22-26-31-38-35-34-37(30-24-11-8-3)39(32-27-13-10-7-2)40(38)33-28-23-20-17-15-16-19-21-25-29-36(4)5/h36-40H,6-35H2,1-5H3. The summed E-state index contributed by atoms with van der Waals surface area (Å²) >= 11 is 0. The lowest BCUT2D eigenvalue weighted by atomic mass is 9.61. The molecule has 0 nitrogen and oxygen atoms in total. The van der Waals surface area contributed by atoms with E-state index in [1.165, 1.54) is 154 Å². The second-order valence-electron chi connectivity index (χ2n) is 14.8. The molecule has 0 spiro atoms. The Morgan fingerprint density at radius 2 is 0.675 bits per heavy atom. The van der Waals surface area contributed by atoms with Gasteiger partial charge in [0.15, 0.2) is 0 Å². The molecule has 0 amide bonds. The van der Waals surface area contributed by atoms with Crippen molar-refractivity contribution in [2.45, 2.75) is 227 Å².